The van der Waals surface area contributed by atoms with E-state index >= 15 is 0 Å². The van der Waals surface area contributed by atoms with Gasteiger partial charge in [0.15, 0.2) is 0 Å². The Morgan fingerprint density at radius 1 is 1.17 bits per heavy atom. The third kappa shape index (κ3) is 5.76. The van der Waals surface area contributed by atoms with Gasteiger partial charge in [-0.05, 0) is 6.92 Å². The number of carbonyl (C=O) groups is 1. The zero-order valence-electron chi connectivity index (χ0n) is 11.4. The van der Waals surface area contributed by atoms with Crippen molar-refractivity contribution in [2.24, 2.45) is 0 Å². The van der Waals surface area contributed by atoms with Gasteiger partial charge in [-0.3, -0.25) is 4.79 Å². The van der Waals surface area contributed by atoms with Gasteiger partial charge in [-0.2, -0.15) is 17.0 Å². The van der Waals surface area contributed by atoms with Crippen molar-refractivity contribution in [3.8, 4) is 0 Å². The highest BCUT2D eigenvalue weighted by molar-refractivity contribution is 7.86. The molecule has 0 amide bonds. The summed E-state index contributed by atoms with van der Waals surface area (Å²) >= 11 is 0. The Bertz CT molecular complexity index is 344. The molecule has 0 radical (unpaired) electrons. The molecule has 0 aromatic rings. The molecule has 0 aliphatic heterocycles. The van der Waals surface area contributed by atoms with Crippen LogP contribution in [-0.4, -0.2) is 70.5 Å². The fourth-order valence-corrected chi connectivity index (χ4v) is 2.26. The second kappa shape index (κ2) is 8.41. The second-order valence-electron chi connectivity index (χ2n) is 3.67. The molecule has 0 rings (SSSR count). The van der Waals surface area contributed by atoms with Crippen LogP contribution in [0, 0.1) is 0 Å². The van der Waals surface area contributed by atoms with E-state index in [1.165, 1.54) is 25.5 Å². The van der Waals surface area contributed by atoms with Crippen molar-refractivity contribution in [3.05, 3.63) is 0 Å². The Kier molecular flexibility index (Phi) is 8.08. The molecule has 0 saturated heterocycles. The Balaban J connectivity index is 4.28. The summed E-state index contributed by atoms with van der Waals surface area (Å²) in [5.74, 6) is -0.436. The van der Waals surface area contributed by atoms with Gasteiger partial charge >= 0.3 is 5.97 Å². The molecule has 8 heteroatoms. The van der Waals surface area contributed by atoms with Crippen LogP contribution in [-0.2, 0) is 24.5 Å². The van der Waals surface area contributed by atoms with E-state index in [0.29, 0.717) is 13.2 Å². The zero-order chi connectivity index (χ0) is 14.2. The van der Waals surface area contributed by atoms with Crippen molar-refractivity contribution in [1.82, 2.24) is 8.61 Å². The minimum atomic E-state index is -3.54. The highest BCUT2D eigenvalue weighted by Crippen LogP contribution is 2.04. The predicted octanol–water partition coefficient (Wildman–Crippen LogP) is -0.306. The maximum absolute atomic E-state index is 12.0. The number of hydrogen-bond acceptors (Lipinski definition) is 5. The summed E-state index contributed by atoms with van der Waals surface area (Å²) in [6, 6.07) is 0. The first kappa shape index (κ1) is 17.3. The molecule has 0 N–H and O–H groups in total. The predicted molar refractivity (Wildman–Crippen MR) is 67.3 cm³/mol. The molecule has 7 nitrogen and oxygen atoms in total. The van der Waals surface area contributed by atoms with Gasteiger partial charge in [0.05, 0.1) is 20.1 Å². The van der Waals surface area contributed by atoms with Crippen molar-refractivity contribution in [3.63, 3.8) is 0 Å². The van der Waals surface area contributed by atoms with Crippen LogP contribution in [0.5, 0.6) is 0 Å². The van der Waals surface area contributed by atoms with Crippen LogP contribution in [0.15, 0.2) is 0 Å². The number of ether oxygens (including phenoxy) is 2. The summed E-state index contributed by atoms with van der Waals surface area (Å²) < 4.78 is 35.8. The van der Waals surface area contributed by atoms with Crippen LogP contribution in [0.4, 0.5) is 0 Å². The first-order valence-electron chi connectivity index (χ1n) is 5.68. The lowest BCUT2D eigenvalue weighted by molar-refractivity contribution is -0.140. The van der Waals surface area contributed by atoms with Gasteiger partial charge < -0.3 is 9.47 Å². The topological polar surface area (TPSA) is 76.2 Å². The summed E-state index contributed by atoms with van der Waals surface area (Å²) in [5, 5.41) is 0. The molecule has 0 bridgehead atoms. The van der Waals surface area contributed by atoms with Gasteiger partial charge in [-0.1, -0.05) is 0 Å². The van der Waals surface area contributed by atoms with Crippen LogP contribution in [0.3, 0.4) is 0 Å². The highest BCUT2D eigenvalue weighted by Gasteiger charge is 2.23. The van der Waals surface area contributed by atoms with E-state index in [1.807, 2.05) is 6.92 Å². The van der Waals surface area contributed by atoms with E-state index in [-0.39, 0.29) is 19.5 Å². The Labute approximate surface area is 109 Å². The van der Waals surface area contributed by atoms with Crippen molar-refractivity contribution in [1.29, 1.82) is 0 Å². The monoisotopic (exact) mass is 282 g/mol. The molecule has 0 spiro atoms. The maximum atomic E-state index is 12.0. The number of likely N-dealkylation sites (N-methyl/N-ethyl adjacent to an activating group) is 1. The van der Waals surface area contributed by atoms with Gasteiger partial charge in [-0.25, -0.2) is 0 Å². The summed E-state index contributed by atoms with van der Waals surface area (Å²) in [6.07, 6.45) is 0.0333. The minimum Gasteiger partial charge on any atom is -0.469 e. The smallest absolute Gasteiger partial charge is 0.306 e. The molecular formula is C10H22N2O5S. The number of esters is 1. The summed E-state index contributed by atoms with van der Waals surface area (Å²) in [7, 11) is 0.626. The van der Waals surface area contributed by atoms with E-state index in [2.05, 4.69) is 4.74 Å². The fraction of sp³-hybridized carbons (Fsp3) is 0.900. The molecule has 0 aliphatic rings. The lowest BCUT2D eigenvalue weighted by Crippen LogP contribution is -2.41. The molecule has 18 heavy (non-hydrogen) atoms. The summed E-state index contributed by atoms with van der Waals surface area (Å²) in [5.41, 5.74) is 0. The van der Waals surface area contributed by atoms with Gasteiger partial charge in [-0.15, -0.1) is 0 Å². The number of rotatable bonds is 9. The third-order valence-electron chi connectivity index (χ3n) is 2.40. The molecule has 0 fully saturated rings. The Morgan fingerprint density at radius 2 is 1.72 bits per heavy atom. The van der Waals surface area contributed by atoms with Gasteiger partial charge in [0.2, 0.25) is 0 Å². The molecule has 0 unspecified atom stereocenters. The lowest BCUT2D eigenvalue weighted by Gasteiger charge is -2.23. The SMILES string of the molecule is CCOCCN(C)S(=O)(=O)N(C)CCC(=O)OC. The lowest BCUT2D eigenvalue weighted by atomic mass is 10.4. The number of carbonyl (C=O) groups excluding carboxylic acids is 1. The van der Waals surface area contributed by atoms with Crippen molar-refractivity contribution < 1.29 is 22.7 Å². The van der Waals surface area contributed by atoms with Crippen LogP contribution in [0.2, 0.25) is 0 Å². The normalized spacial score (nSPS) is 12.1. The van der Waals surface area contributed by atoms with E-state index in [0.717, 1.165) is 4.31 Å². The maximum Gasteiger partial charge on any atom is 0.306 e. The first-order chi connectivity index (χ1) is 8.36. The van der Waals surface area contributed by atoms with Crippen LogP contribution < -0.4 is 0 Å². The fourth-order valence-electron chi connectivity index (χ4n) is 1.16. The number of nitrogens with zero attached hydrogens (tertiary/aromatic N) is 2. The van der Waals surface area contributed by atoms with Crippen molar-refractivity contribution in [2.45, 2.75) is 13.3 Å². The molecular weight excluding hydrogens is 260 g/mol. The molecule has 0 heterocycles. The number of methoxy groups -OCH3 is 1. The van der Waals surface area contributed by atoms with Crippen LogP contribution in [0.25, 0.3) is 0 Å². The van der Waals surface area contributed by atoms with Crippen molar-refractivity contribution >= 4 is 16.2 Å². The summed E-state index contributed by atoms with van der Waals surface area (Å²) in [4.78, 5) is 10.9. The summed E-state index contributed by atoms with van der Waals surface area (Å²) in [6.45, 7) is 3.10. The molecule has 0 aliphatic carbocycles. The van der Waals surface area contributed by atoms with E-state index < -0.39 is 16.2 Å². The van der Waals surface area contributed by atoms with Crippen LogP contribution >= 0.6 is 0 Å². The average Bonchev–Trinajstić information content (AvgIpc) is 2.35. The quantitative estimate of drug-likeness (QED) is 0.428. The Morgan fingerprint density at radius 3 is 2.22 bits per heavy atom. The zero-order valence-corrected chi connectivity index (χ0v) is 12.2. The van der Waals surface area contributed by atoms with Crippen molar-refractivity contribution in [2.75, 3.05) is 47.5 Å². The minimum absolute atomic E-state index is 0.0333. The molecule has 108 valence electrons. The molecule has 0 atom stereocenters. The van der Waals surface area contributed by atoms with Gasteiger partial charge in [0.1, 0.15) is 0 Å². The van der Waals surface area contributed by atoms with Gasteiger partial charge in [0.25, 0.3) is 10.2 Å². The largest absolute Gasteiger partial charge is 0.469 e. The second-order valence-corrected chi connectivity index (χ2v) is 5.82. The third-order valence-corrected chi connectivity index (χ3v) is 4.34. The molecule has 0 saturated carbocycles. The van der Waals surface area contributed by atoms with E-state index in [4.69, 9.17) is 4.74 Å². The van der Waals surface area contributed by atoms with Crippen LogP contribution in [0.1, 0.15) is 13.3 Å². The standard InChI is InChI=1S/C10H22N2O5S/c1-5-17-9-8-12(3)18(14,15)11(2)7-6-10(13)16-4/h5-9H2,1-4H3. The molecule has 0 aromatic carbocycles. The highest BCUT2D eigenvalue weighted by atomic mass is 32.2. The number of hydrogen-bond donors (Lipinski definition) is 0. The van der Waals surface area contributed by atoms with Gasteiger partial charge in [0, 0.05) is 33.8 Å². The Hall–Kier alpha value is -0.700. The van der Waals surface area contributed by atoms with E-state index in [1.54, 1.807) is 0 Å². The molecule has 0 aromatic heterocycles. The average molecular weight is 282 g/mol. The van der Waals surface area contributed by atoms with E-state index in [9.17, 15) is 13.2 Å². The first-order valence-corrected chi connectivity index (χ1v) is 7.08.